The molecule has 2 rings (SSSR count). The van der Waals surface area contributed by atoms with Crippen LogP contribution in [0.25, 0.3) is 11.1 Å². The van der Waals surface area contributed by atoms with Crippen molar-refractivity contribution in [2.45, 2.75) is 0 Å². The van der Waals surface area contributed by atoms with Crippen LogP contribution in [0.15, 0.2) is 35.4 Å². The van der Waals surface area contributed by atoms with Crippen LogP contribution in [0.1, 0.15) is 10.6 Å². The van der Waals surface area contributed by atoms with Crippen molar-refractivity contribution in [1.82, 2.24) is 4.98 Å². The van der Waals surface area contributed by atoms with E-state index in [1.54, 1.807) is 12.1 Å². The molecule has 0 radical (unpaired) electrons. The first-order valence-electron chi connectivity index (χ1n) is 5.29. The first-order valence-corrected chi connectivity index (χ1v) is 5.29. The van der Waals surface area contributed by atoms with Gasteiger partial charge in [-0.15, -0.1) is 0 Å². The lowest BCUT2D eigenvalue weighted by molar-refractivity contribution is 0.0666. The number of furan rings is 1. The summed E-state index contributed by atoms with van der Waals surface area (Å²) in [6.07, 6.45) is 2.05. The maximum atomic E-state index is 11.5. The number of amides is 1. The molecule has 1 amide bonds. The molecule has 7 heteroatoms. The number of aromatic carboxylic acids is 1. The van der Waals surface area contributed by atoms with Gasteiger partial charge in [0.05, 0.1) is 5.39 Å². The normalized spacial score (nSPS) is 10.1. The number of carboxylic acids is 1. The minimum Gasteiger partial charge on any atom is -0.475 e. The van der Waals surface area contributed by atoms with Gasteiger partial charge in [-0.25, -0.2) is 14.6 Å². The highest BCUT2D eigenvalue weighted by Crippen LogP contribution is 2.29. The Labute approximate surface area is 107 Å². The van der Waals surface area contributed by atoms with E-state index in [4.69, 9.17) is 14.3 Å². The molecule has 2 aromatic heterocycles. The molecule has 19 heavy (non-hydrogen) atoms. The molecule has 98 valence electrons. The van der Waals surface area contributed by atoms with Crippen molar-refractivity contribution >= 4 is 28.8 Å². The van der Waals surface area contributed by atoms with Gasteiger partial charge >= 0.3 is 12.1 Å². The second-order valence-electron chi connectivity index (χ2n) is 3.48. The van der Waals surface area contributed by atoms with Crippen LogP contribution in [0, 0.1) is 0 Å². The number of carboxylic acid groups (broad SMARTS) is 1. The van der Waals surface area contributed by atoms with E-state index in [0.29, 0.717) is 5.39 Å². The van der Waals surface area contributed by atoms with Crippen LogP contribution in [-0.2, 0) is 4.74 Å². The zero-order valence-electron chi connectivity index (χ0n) is 9.75. The van der Waals surface area contributed by atoms with Crippen LogP contribution in [-0.4, -0.2) is 28.8 Å². The lowest BCUT2D eigenvalue weighted by Gasteiger charge is -2.04. The van der Waals surface area contributed by atoms with Gasteiger partial charge in [0.15, 0.2) is 0 Å². The molecule has 0 fully saturated rings. The van der Waals surface area contributed by atoms with Gasteiger partial charge in [-0.2, -0.15) is 0 Å². The van der Waals surface area contributed by atoms with Crippen LogP contribution in [0.5, 0.6) is 0 Å². The zero-order chi connectivity index (χ0) is 13.8. The van der Waals surface area contributed by atoms with Crippen molar-refractivity contribution in [3.8, 4) is 0 Å². The first kappa shape index (κ1) is 12.6. The third-order valence-electron chi connectivity index (χ3n) is 2.22. The fourth-order valence-electron chi connectivity index (χ4n) is 1.48. The molecule has 2 heterocycles. The predicted octanol–water partition coefficient (Wildman–Crippen LogP) is 2.26. The van der Waals surface area contributed by atoms with E-state index < -0.39 is 17.8 Å². The lowest BCUT2D eigenvalue weighted by atomic mass is 10.2. The Morgan fingerprint density at radius 2 is 2.37 bits per heavy atom. The number of hydrogen-bond donors (Lipinski definition) is 2. The number of aromatic nitrogens is 1. The fourth-order valence-corrected chi connectivity index (χ4v) is 1.48. The summed E-state index contributed by atoms with van der Waals surface area (Å²) in [5.41, 5.74) is 0.142. The summed E-state index contributed by atoms with van der Waals surface area (Å²) in [5.74, 6) is -1.71. The molecule has 0 saturated heterocycles. The van der Waals surface area contributed by atoms with Crippen LogP contribution in [0.2, 0.25) is 0 Å². The summed E-state index contributed by atoms with van der Waals surface area (Å²) in [6.45, 7) is 3.41. The quantitative estimate of drug-likeness (QED) is 0.819. The number of carbonyl (C=O) groups excluding carboxylic acids is 1. The number of anilines is 1. The van der Waals surface area contributed by atoms with Crippen molar-refractivity contribution in [2.75, 3.05) is 11.9 Å². The van der Waals surface area contributed by atoms with E-state index in [2.05, 4.69) is 16.9 Å². The van der Waals surface area contributed by atoms with Crippen molar-refractivity contribution in [3.05, 3.63) is 36.7 Å². The van der Waals surface area contributed by atoms with Crippen molar-refractivity contribution < 1.29 is 23.8 Å². The largest absolute Gasteiger partial charge is 0.475 e. The molecule has 0 aliphatic rings. The Morgan fingerprint density at radius 3 is 3.05 bits per heavy atom. The highest BCUT2D eigenvalue weighted by Gasteiger charge is 2.22. The summed E-state index contributed by atoms with van der Waals surface area (Å²) >= 11 is 0. The average Bonchev–Trinajstić information content (AvgIpc) is 2.76. The van der Waals surface area contributed by atoms with E-state index in [-0.39, 0.29) is 18.0 Å². The summed E-state index contributed by atoms with van der Waals surface area (Å²) in [4.78, 5) is 26.4. The number of hydrogen-bond acceptors (Lipinski definition) is 5. The second-order valence-corrected chi connectivity index (χ2v) is 3.48. The molecule has 0 aliphatic carbocycles. The highest BCUT2D eigenvalue weighted by atomic mass is 16.5. The van der Waals surface area contributed by atoms with Gasteiger partial charge in [0.2, 0.25) is 11.5 Å². The van der Waals surface area contributed by atoms with Crippen LogP contribution >= 0.6 is 0 Å². The van der Waals surface area contributed by atoms with Gasteiger partial charge in [-0.05, 0) is 12.1 Å². The predicted molar refractivity (Wildman–Crippen MR) is 66.1 cm³/mol. The highest BCUT2D eigenvalue weighted by molar-refractivity contribution is 6.07. The summed E-state index contributed by atoms with van der Waals surface area (Å²) < 4.78 is 9.79. The van der Waals surface area contributed by atoms with Gasteiger partial charge in [0.1, 0.15) is 12.3 Å². The minimum absolute atomic E-state index is 0.0161. The van der Waals surface area contributed by atoms with E-state index in [1.165, 1.54) is 12.3 Å². The van der Waals surface area contributed by atoms with E-state index in [9.17, 15) is 9.59 Å². The lowest BCUT2D eigenvalue weighted by Crippen LogP contribution is -2.15. The maximum Gasteiger partial charge on any atom is 0.412 e. The van der Waals surface area contributed by atoms with E-state index in [1.807, 2.05) is 0 Å². The van der Waals surface area contributed by atoms with Gasteiger partial charge in [0, 0.05) is 6.20 Å². The number of nitrogens with one attached hydrogen (secondary N) is 1. The monoisotopic (exact) mass is 262 g/mol. The number of fused-ring (bicyclic) bond motifs is 1. The Kier molecular flexibility index (Phi) is 3.46. The number of carbonyl (C=O) groups is 2. The summed E-state index contributed by atoms with van der Waals surface area (Å²) in [5, 5.41) is 11.7. The summed E-state index contributed by atoms with van der Waals surface area (Å²) in [6, 6.07) is 3.19. The van der Waals surface area contributed by atoms with Gasteiger partial charge in [0.25, 0.3) is 0 Å². The van der Waals surface area contributed by atoms with Crippen molar-refractivity contribution in [2.24, 2.45) is 0 Å². The van der Waals surface area contributed by atoms with Gasteiger partial charge in [-0.3, -0.25) is 5.32 Å². The molecule has 0 atom stereocenters. The topological polar surface area (TPSA) is 102 Å². The molecular weight excluding hydrogens is 252 g/mol. The molecule has 0 bridgehead atoms. The molecule has 2 N–H and O–H groups in total. The maximum absolute atomic E-state index is 11.5. The van der Waals surface area contributed by atoms with Crippen LogP contribution < -0.4 is 5.32 Å². The number of rotatable bonds is 4. The van der Waals surface area contributed by atoms with Crippen molar-refractivity contribution in [1.29, 1.82) is 0 Å². The smallest absolute Gasteiger partial charge is 0.412 e. The number of pyridine rings is 1. The molecule has 7 nitrogen and oxygen atoms in total. The Morgan fingerprint density at radius 1 is 1.58 bits per heavy atom. The molecule has 2 aromatic rings. The Hall–Kier alpha value is -2.83. The minimum atomic E-state index is -1.31. The SMILES string of the molecule is C=CCOC(=O)Nc1c(C(=O)O)oc2ncccc12. The van der Waals surface area contributed by atoms with E-state index >= 15 is 0 Å². The first-order chi connectivity index (χ1) is 9.13. The summed E-state index contributed by atoms with van der Waals surface area (Å²) in [7, 11) is 0. The molecular formula is C12H10N2O5. The fraction of sp³-hybridized carbons (Fsp3) is 0.0833. The molecule has 0 aliphatic heterocycles. The zero-order valence-corrected chi connectivity index (χ0v) is 9.75. The molecule has 0 spiro atoms. The Balaban J connectivity index is 2.39. The van der Waals surface area contributed by atoms with E-state index in [0.717, 1.165) is 0 Å². The van der Waals surface area contributed by atoms with Crippen molar-refractivity contribution in [3.63, 3.8) is 0 Å². The van der Waals surface area contributed by atoms with Gasteiger partial charge < -0.3 is 14.3 Å². The van der Waals surface area contributed by atoms with Crippen LogP contribution in [0.4, 0.5) is 10.5 Å². The third kappa shape index (κ3) is 2.54. The van der Waals surface area contributed by atoms with Gasteiger partial charge in [-0.1, -0.05) is 12.7 Å². The van der Waals surface area contributed by atoms with Crippen LogP contribution in [0.3, 0.4) is 0 Å². The average molecular weight is 262 g/mol. The molecule has 0 saturated carbocycles. The third-order valence-corrected chi connectivity index (χ3v) is 2.22. The Bertz CT molecular complexity index is 647. The molecule has 0 unspecified atom stereocenters. The number of ether oxygens (including phenoxy) is 1. The number of nitrogens with zero attached hydrogens (tertiary/aromatic N) is 1. The molecule has 0 aromatic carbocycles. The second kappa shape index (κ2) is 5.21. The standard InChI is InChI=1S/C12H10N2O5/c1-2-6-18-12(17)14-8-7-4-3-5-13-10(7)19-9(8)11(15)16/h2-5H,1,6H2,(H,14,17)(H,15,16).